The predicted octanol–water partition coefficient (Wildman–Crippen LogP) is 1.51. The Bertz CT molecular complexity index is 464. The first kappa shape index (κ1) is 11.4. The fourth-order valence-electron chi connectivity index (χ4n) is 1.60. The van der Waals surface area contributed by atoms with Crippen molar-refractivity contribution < 1.29 is 28.5 Å². The summed E-state index contributed by atoms with van der Waals surface area (Å²) in [5, 5.41) is 20.6. The summed E-state index contributed by atoms with van der Waals surface area (Å²) in [5.74, 6) is -4.57. The van der Waals surface area contributed by atoms with E-state index in [1.807, 2.05) is 5.32 Å². The third-order valence-electron chi connectivity index (χ3n) is 2.44. The number of alkyl halides is 2. The Balaban J connectivity index is 2.43. The molecular formula is C10H9F2NO4. The Morgan fingerprint density at radius 1 is 1.41 bits per heavy atom. The highest BCUT2D eigenvalue weighted by molar-refractivity contribution is 5.69. The van der Waals surface area contributed by atoms with Crippen LogP contribution in [0.4, 0.5) is 13.6 Å². The molecule has 1 aliphatic rings. The highest BCUT2D eigenvalue weighted by atomic mass is 19.3. The van der Waals surface area contributed by atoms with Crippen molar-refractivity contribution in [1.82, 2.24) is 5.32 Å². The van der Waals surface area contributed by atoms with Crippen LogP contribution >= 0.6 is 0 Å². The third kappa shape index (κ3) is 1.95. The molecule has 1 aliphatic heterocycles. The van der Waals surface area contributed by atoms with Crippen LogP contribution in [0, 0.1) is 0 Å². The van der Waals surface area contributed by atoms with Gasteiger partial charge >= 0.3 is 12.0 Å². The molecular weight excluding hydrogens is 236 g/mol. The molecule has 3 N–H and O–H groups in total. The summed E-state index contributed by atoms with van der Waals surface area (Å²) in [6.45, 7) is -1.07. The summed E-state index contributed by atoms with van der Waals surface area (Å²) in [6, 6.07) is 1.91. The Kier molecular flexibility index (Phi) is 2.53. The molecule has 2 rings (SSSR count). The topological polar surface area (TPSA) is 78.8 Å². The number of phenols is 2. The first-order valence-electron chi connectivity index (χ1n) is 4.74. The second-order valence-electron chi connectivity index (χ2n) is 3.63. The van der Waals surface area contributed by atoms with Crippen LogP contribution in [-0.4, -0.2) is 28.8 Å². The van der Waals surface area contributed by atoms with Gasteiger partial charge in [0.25, 0.3) is 0 Å². The normalized spacial score (nSPS) is 22.7. The molecule has 1 atom stereocenters. The first-order valence-corrected chi connectivity index (χ1v) is 4.74. The van der Waals surface area contributed by atoms with E-state index in [9.17, 15) is 23.8 Å². The van der Waals surface area contributed by atoms with Gasteiger partial charge in [-0.05, 0) is 6.07 Å². The molecule has 0 bridgehead atoms. The SMILES string of the molecule is O=C1N[C@H](c2cccc(O)c2O)C(F)(F)CO1. The molecule has 1 aromatic carbocycles. The minimum Gasteiger partial charge on any atom is -0.504 e. The fourth-order valence-corrected chi connectivity index (χ4v) is 1.60. The van der Waals surface area contributed by atoms with Crippen molar-refractivity contribution in [3.05, 3.63) is 23.8 Å². The van der Waals surface area contributed by atoms with Gasteiger partial charge in [-0.2, -0.15) is 0 Å². The van der Waals surface area contributed by atoms with Crippen molar-refractivity contribution in [2.75, 3.05) is 6.61 Å². The molecule has 0 saturated carbocycles. The number of nitrogens with one attached hydrogen (secondary N) is 1. The van der Waals surface area contributed by atoms with Crippen molar-refractivity contribution in [2.24, 2.45) is 0 Å². The lowest BCUT2D eigenvalue weighted by atomic mass is 9.99. The lowest BCUT2D eigenvalue weighted by molar-refractivity contribution is -0.104. The largest absolute Gasteiger partial charge is 0.504 e. The van der Waals surface area contributed by atoms with Crippen molar-refractivity contribution >= 4 is 6.09 Å². The van der Waals surface area contributed by atoms with E-state index in [1.165, 1.54) is 12.1 Å². The van der Waals surface area contributed by atoms with E-state index < -0.39 is 36.2 Å². The number of amides is 1. The summed E-state index contributed by atoms with van der Waals surface area (Å²) < 4.78 is 31.2. The number of carbonyl (C=O) groups excluding carboxylic acids is 1. The maximum Gasteiger partial charge on any atom is 0.408 e. The molecule has 0 radical (unpaired) electrons. The average Bonchev–Trinajstić information content (AvgIpc) is 2.26. The Labute approximate surface area is 94.6 Å². The zero-order valence-corrected chi connectivity index (χ0v) is 8.48. The van der Waals surface area contributed by atoms with Gasteiger partial charge in [0, 0.05) is 5.56 Å². The maximum atomic E-state index is 13.5. The number of hydrogen-bond acceptors (Lipinski definition) is 4. The molecule has 0 spiro atoms. The van der Waals surface area contributed by atoms with Crippen molar-refractivity contribution in [3.63, 3.8) is 0 Å². The van der Waals surface area contributed by atoms with E-state index in [4.69, 9.17) is 0 Å². The van der Waals surface area contributed by atoms with E-state index >= 15 is 0 Å². The van der Waals surface area contributed by atoms with Crippen LogP contribution in [0.2, 0.25) is 0 Å². The lowest BCUT2D eigenvalue weighted by Gasteiger charge is -2.32. The van der Waals surface area contributed by atoms with Gasteiger partial charge in [0.05, 0.1) is 0 Å². The van der Waals surface area contributed by atoms with Crippen LogP contribution in [0.5, 0.6) is 11.5 Å². The van der Waals surface area contributed by atoms with E-state index in [0.717, 1.165) is 6.07 Å². The van der Waals surface area contributed by atoms with E-state index in [2.05, 4.69) is 4.74 Å². The number of phenolic OH excluding ortho intramolecular Hbond substituents is 2. The van der Waals surface area contributed by atoms with Gasteiger partial charge in [0.15, 0.2) is 18.1 Å². The van der Waals surface area contributed by atoms with Crippen molar-refractivity contribution in [1.29, 1.82) is 0 Å². The second kappa shape index (κ2) is 3.76. The van der Waals surface area contributed by atoms with Crippen LogP contribution in [0.25, 0.3) is 0 Å². The monoisotopic (exact) mass is 245 g/mol. The van der Waals surface area contributed by atoms with Gasteiger partial charge in [0.1, 0.15) is 6.04 Å². The predicted molar refractivity (Wildman–Crippen MR) is 51.9 cm³/mol. The number of hydrogen-bond donors (Lipinski definition) is 3. The van der Waals surface area contributed by atoms with Crippen molar-refractivity contribution in [3.8, 4) is 11.5 Å². The summed E-state index contributed by atoms with van der Waals surface area (Å²) in [5.41, 5.74) is -0.258. The fraction of sp³-hybridized carbons (Fsp3) is 0.300. The van der Waals surface area contributed by atoms with Crippen LogP contribution in [0.15, 0.2) is 18.2 Å². The zero-order chi connectivity index (χ0) is 12.6. The summed E-state index contributed by atoms with van der Waals surface area (Å²) in [4.78, 5) is 10.9. The zero-order valence-electron chi connectivity index (χ0n) is 8.48. The second-order valence-corrected chi connectivity index (χ2v) is 3.63. The molecule has 5 nitrogen and oxygen atoms in total. The minimum absolute atomic E-state index is 0.258. The van der Waals surface area contributed by atoms with E-state index in [-0.39, 0.29) is 5.56 Å². The molecule has 7 heteroatoms. The summed E-state index contributed by atoms with van der Waals surface area (Å²) in [7, 11) is 0. The van der Waals surface area contributed by atoms with Gasteiger partial charge in [0.2, 0.25) is 0 Å². The maximum absolute atomic E-state index is 13.5. The quantitative estimate of drug-likeness (QED) is 0.655. The number of aromatic hydroxyl groups is 2. The molecule has 0 aromatic heterocycles. The average molecular weight is 245 g/mol. The van der Waals surface area contributed by atoms with Gasteiger partial charge in [-0.1, -0.05) is 12.1 Å². The van der Waals surface area contributed by atoms with E-state index in [0.29, 0.717) is 0 Å². The number of cyclic esters (lactones) is 1. The lowest BCUT2D eigenvalue weighted by Crippen LogP contribution is -2.49. The molecule has 1 amide bonds. The van der Waals surface area contributed by atoms with Crippen LogP contribution in [0.3, 0.4) is 0 Å². The Hall–Kier alpha value is -2.05. The minimum atomic E-state index is -3.36. The molecule has 0 aliphatic carbocycles. The third-order valence-corrected chi connectivity index (χ3v) is 2.44. The number of carbonyl (C=O) groups is 1. The standard InChI is InChI=1S/C10H9F2NO4/c11-10(12)4-17-9(16)13-8(10)5-2-1-3-6(14)7(5)15/h1-3,8,14-15H,4H2,(H,13,16)/t8-/m1/s1. The van der Waals surface area contributed by atoms with Gasteiger partial charge in [-0.15, -0.1) is 0 Å². The summed E-state index contributed by atoms with van der Waals surface area (Å²) >= 11 is 0. The van der Waals surface area contributed by atoms with Crippen molar-refractivity contribution in [2.45, 2.75) is 12.0 Å². The molecule has 1 aromatic rings. The molecule has 1 saturated heterocycles. The molecule has 1 fully saturated rings. The first-order chi connectivity index (χ1) is 7.92. The van der Waals surface area contributed by atoms with Gasteiger partial charge in [-0.25, -0.2) is 13.6 Å². The number of rotatable bonds is 1. The summed E-state index contributed by atoms with van der Waals surface area (Å²) in [6.07, 6.45) is -0.997. The Morgan fingerprint density at radius 2 is 2.12 bits per heavy atom. The molecule has 92 valence electrons. The van der Waals surface area contributed by atoms with Gasteiger partial charge in [-0.3, -0.25) is 0 Å². The van der Waals surface area contributed by atoms with Crippen LogP contribution < -0.4 is 5.32 Å². The Morgan fingerprint density at radius 3 is 2.82 bits per heavy atom. The molecule has 1 heterocycles. The van der Waals surface area contributed by atoms with E-state index in [1.54, 1.807) is 0 Å². The highest BCUT2D eigenvalue weighted by Gasteiger charge is 2.48. The number of benzene rings is 1. The number of para-hydroxylation sites is 1. The van der Waals surface area contributed by atoms with Crippen LogP contribution in [0.1, 0.15) is 11.6 Å². The highest BCUT2D eigenvalue weighted by Crippen LogP contribution is 2.41. The van der Waals surface area contributed by atoms with Gasteiger partial charge < -0.3 is 20.3 Å². The smallest absolute Gasteiger partial charge is 0.408 e. The number of alkyl carbamates (subject to hydrolysis) is 1. The molecule has 0 unspecified atom stereocenters. The molecule has 17 heavy (non-hydrogen) atoms. The van der Waals surface area contributed by atoms with Crippen LogP contribution in [-0.2, 0) is 4.74 Å². The number of halogens is 2. The number of ether oxygens (including phenoxy) is 1.